The largest absolute Gasteiger partial charge is 0.292 e. The van der Waals surface area contributed by atoms with E-state index in [4.69, 9.17) is 11.6 Å². The molecule has 0 heterocycles. The molecule has 0 amide bonds. The van der Waals surface area contributed by atoms with E-state index in [2.05, 4.69) is 22.0 Å². The van der Waals surface area contributed by atoms with Crippen LogP contribution in [0.25, 0.3) is 0 Å². The summed E-state index contributed by atoms with van der Waals surface area (Å²) in [6, 6.07) is 14.5. The standard InChI is InChI=1S/C16H11BrClNO/c1-10-4-2-7-13(15(10)18)16(20)14(9-19)11-5-3-6-12(17)8-11/h2-8,14H,1H3. The molecular weight excluding hydrogens is 338 g/mol. The third-order valence-corrected chi connectivity index (χ3v) is 4.03. The Kier molecular flexibility index (Phi) is 4.59. The van der Waals surface area contributed by atoms with Crippen LogP contribution in [0, 0.1) is 18.3 Å². The van der Waals surface area contributed by atoms with Crippen LogP contribution >= 0.6 is 27.5 Å². The molecule has 0 radical (unpaired) electrons. The number of carbonyl (C=O) groups is 1. The topological polar surface area (TPSA) is 40.9 Å². The first-order chi connectivity index (χ1) is 9.54. The fourth-order valence-electron chi connectivity index (χ4n) is 1.96. The highest BCUT2D eigenvalue weighted by atomic mass is 79.9. The number of aryl methyl sites for hydroxylation is 1. The van der Waals surface area contributed by atoms with Crippen LogP contribution in [-0.4, -0.2) is 5.78 Å². The number of benzene rings is 2. The van der Waals surface area contributed by atoms with Gasteiger partial charge in [0.05, 0.1) is 11.1 Å². The molecular formula is C16H11BrClNO. The first-order valence-electron chi connectivity index (χ1n) is 5.99. The molecule has 1 atom stereocenters. The quantitative estimate of drug-likeness (QED) is 0.740. The van der Waals surface area contributed by atoms with Crippen LogP contribution in [0.3, 0.4) is 0 Å². The molecule has 0 aliphatic rings. The third kappa shape index (κ3) is 2.92. The van der Waals surface area contributed by atoms with Gasteiger partial charge in [-0.2, -0.15) is 5.26 Å². The van der Waals surface area contributed by atoms with Gasteiger partial charge in [0.2, 0.25) is 0 Å². The predicted molar refractivity (Wildman–Crippen MR) is 83.0 cm³/mol. The van der Waals surface area contributed by atoms with Crippen LogP contribution in [0.4, 0.5) is 0 Å². The molecule has 0 N–H and O–H groups in total. The van der Waals surface area contributed by atoms with Crippen LogP contribution in [0.5, 0.6) is 0 Å². The number of halogens is 2. The lowest BCUT2D eigenvalue weighted by Gasteiger charge is -2.11. The maximum Gasteiger partial charge on any atom is 0.185 e. The van der Waals surface area contributed by atoms with Gasteiger partial charge in [0, 0.05) is 10.0 Å². The first-order valence-corrected chi connectivity index (χ1v) is 7.16. The lowest BCUT2D eigenvalue weighted by molar-refractivity contribution is 0.0979. The van der Waals surface area contributed by atoms with Gasteiger partial charge in [0.25, 0.3) is 0 Å². The van der Waals surface area contributed by atoms with Crippen molar-refractivity contribution in [1.82, 2.24) is 0 Å². The number of hydrogen-bond donors (Lipinski definition) is 0. The lowest BCUT2D eigenvalue weighted by Crippen LogP contribution is -2.12. The number of carbonyl (C=O) groups excluding carboxylic acids is 1. The first kappa shape index (κ1) is 14.8. The van der Waals surface area contributed by atoms with E-state index in [-0.39, 0.29) is 5.78 Å². The molecule has 100 valence electrons. The molecule has 0 bridgehead atoms. The van der Waals surface area contributed by atoms with Crippen LogP contribution < -0.4 is 0 Å². The summed E-state index contributed by atoms with van der Waals surface area (Å²) in [5.41, 5.74) is 1.87. The Morgan fingerprint density at radius 2 is 2.00 bits per heavy atom. The van der Waals surface area contributed by atoms with Crippen molar-refractivity contribution < 1.29 is 4.79 Å². The zero-order chi connectivity index (χ0) is 14.7. The summed E-state index contributed by atoms with van der Waals surface area (Å²) in [6.45, 7) is 1.83. The smallest absolute Gasteiger partial charge is 0.185 e. The van der Waals surface area contributed by atoms with Gasteiger partial charge in [-0.3, -0.25) is 4.79 Å². The van der Waals surface area contributed by atoms with E-state index >= 15 is 0 Å². The van der Waals surface area contributed by atoms with Crippen molar-refractivity contribution >= 4 is 33.3 Å². The Morgan fingerprint density at radius 3 is 2.65 bits per heavy atom. The van der Waals surface area contributed by atoms with Crippen molar-refractivity contribution in [3.05, 3.63) is 68.7 Å². The summed E-state index contributed by atoms with van der Waals surface area (Å²) in [6.07, 6.45) is 0. The van der Waals surface area contributed by atoms with E-state index in [0.29, 0.717) is 16.1 Å². The molecule has 2 aromatic rings. The van der Waals surface area contributed by atoms with Crippen molar-refractivity contribution in [2.75, 3.05) is 0 Å². The van der Waals surface area contributed by atoms with Gasteiger partial charge < -0.3 is 0 Å². The highest BCUT2D eigenvalue weighted by Crippen LogP contribution is 2.28. The summed E-state index contributed by atoms with van der Waals surface area (Å²) in [5, 5.41) is 9.74. The molecule has 0 saturated heterocycles. The van der Waals surface area contributed by atoms with E-state index in [0.717, 1.165) is 10.0 Å². The van der Waals surface area contributed by atoms with E-state index in [1.165, 1.54) is 0 Å². The Hall–Kier alpha value is -1.63. The molecule has 0 aliphatic carbocycles. The summed E-state index contributed by atoms with van der Waals surface area (Å²) in [5.74, 6) is -1.13. The maximum absolute atomic E-state index is 12.5. The SMILES string of the molecule is Cc1cccc(C(=O)C(C#N)c2cccc(Br)c2)c1Cl. The van der Waals surface area contributed by atoms with Crippen molar-refractivity contribution in [2.45, 2.75) is 12.8 Å². The van der Waals surface area contributed by atoms with Gasteiger partial charge in [-0.05, 0) is 36.2 Å². The van der Waals surface area contributed by atoms with E-state index < -0.39 is 5.92 Å². The fraction of sp³-hybridized carbons (Fsp3) is 0.125. The van der Waals surface area contributed by atoms with Gasteiger partial charge in [-0.1, -0.05) is 51.8 Å². The molecule has 2 rings (SSSR count). The Balaban J connectivity index is 2.45. The Morgan fingerprint density at radius 1 is 1.30 bits per heavy atom. The molecule has 2 nitrogen and oxygen atoms in total. The fourth-order valence-corrected chi connectivity index (χ4v) is 2.60. The zero-order valence-electron chi connectivity index (χ0n) is 10.7. The van der Waals surface area contributed by atoms with Crippen LogP contribution in [0.1, 0.15) is 27.4 Å². The highest BCUT2D eigenvalue weighted by Gasteiger charge is 2.24. The average Bonchev–Trinajstić information content (AvgIpc) is 2.42. The summed E-state index contributed by atoms with van der Waals surface area (Å²) < 4.78 is 0.832. The molecule has 0 spiro atoms. The van der Waals surface area contributed by atoms with Gasteiger partial charge in [-0.25, -0.2) is 0 Å². The second-order valence-corrected chi connectivity index (χ2v) is 5.71. The second kappa shape index (κ2) is 6.21. The number of hydrogen-bond acceptors (Lipinski definition) is 2. The van der Waals surface area contributed by atoms with Gasteiger partial charge in [0.15, 0.2) is 5.78 Å². The van der Waals surface area contributed by atoms with Gasteiger partial charge >= 0.3 is 0 Å². The molecule has 20 heavy (non-hydrogen) atoms. The van der Waals surface area contributed by atoms with Crippen molar-refractivity contribution in [1.29, 1.82) is 5.26 Å². The monoisotopic (exact) mass is 347 g/mol. The number of nitrogens with zero attached hydrogens (tertiary/aromatic N) is 1. The molecule has 2 aromatic carbocycles. The highest BCUT2D eigenvalue weighted by molar-refractivity contribution is 9.10. The minimum absolute atomic E-state index is 0.278. The summed E-state index contributed by atoms with van der Waals surface area (Å²) in [7, 11) is 0. The van der Waals surface area contributed by atoms with E-state index in [9.17, 15) is 10.1 Å². The Labute approximate surface area is 131 Å². The normalized spacial score (nSPS) is 11.7. The van der Waals surface area contributed by atoms with Crippen LogP contribution in [-0.2, 0) is 0 Å². The average molecular weight is 349 g/mol. The minimum atomic E-state index is -0.855. The molecule has 0 saturated carbocycles. The van der Waals surface area contributed by atoms with Gasteiger partial charge in [0.1, 0.15) is 5.92 Å². The van der Waals surface area contributed by atoms with Crippen LogP contribution in [0.2, 0.25) is 5.02 Å². The molecule has 0 aromatic heterocycles. The van der Waals surface area contributed by atoms with Crippen molar-refractivity contribution in [3.8, 4) is 6.07 Å². The van der Waals surface area contributed by atoms with E-state index in [1.54, 1.807) is 30.3 Å². The molecule has 1 unspecified atom stereocenters. The number of ketones is 1. The summed E-state index contributed by atoms with van der Waals surface area (Å²) >= 11 is 9.51. The molecule has 4 heteroatoms. The van der Waals surface area contributed by atoms with Crippen molar-refractivity contribution in [3.63, 3.8) is 0 Å². The van der Waals surface area contributed by atoms with Gasteiger partial charge in [-0.15, -0.1) is 0 Å². The Bertz CT molecular complexity index is 706. The number of rotatable bonds is 3. The minimum Gasteiger partial charge on any atom is -0.292 e. The number of nitriles is 1. The van der Waals surface area contributed by atoms with Crippen molar-refractivity contribution in [2.24, 2.45) is 0 Å². The second-order valence-electron chi connectivity index (χ2n) is 4.42. The molecule has 0 fully saturated rings. The number of Topliss-reactive ketones (excluding diaryl/α,β-unsaturated/α-hetero) is 1. The third-order valence-electron chi connectivity index (χ3n) is 3.03. The van der Waals surface area contributed by atoms with E-state index in [1.807, 2.05) is 19.1 Å². The maximum atomic E-state index is 12.5. The predicted octanol–water partition coefficient (Wildman–Crippen LogP) is 4.90. The van der Waals surface area contributed by atoms with Crippen LogP contribution in [0.15, 0.2) is 46.9 Å². The summed E-state index contributed by atoms with van der Waals surface area (Å²) in [4.78, 5) is 12.5. The lowest BCUT2D eigenvalue weighted by atomic mass is 9.91. The zero-order valence-corrected chi connectivity index (χ0v) is 13.1. The molecule has 0 aliphatic heterocycles.